The van der Waals surface area contributed by atoms with Crippen molar-refractivity contribution in [3.8, 4) is 0 Å². The maximum Gasteiger partial charge on any atom is 0.202 e. The van der Waals surface area contributed by atoms with Crippen LogP contribution in [-0.4, -0.2) is 14.5 Å². The highest BCUT2D eigenvalue weighted by atomic mass is 79.9. The van der Waals surface area contributed by atoms with Crippen LogP contribution in [0.1, 0.15) is 25.7 Å². The number of hydrogen-bond donors (Lipinski definition) is 1. The second-order valence-electron chi connectivity index (χ2n) is 6.01. The van der Waals surface area contributed by atoms with E-state index in [-0.39, 0.29) is 0 Å². The summed E-state index contributed by atoms with van der Waals surface area (Å²) >= 11 is 3.43. The Hall–Kier alpha value is -1.10. The van der Waals surface area contributed by atoms with Crippen molar-refractivity contribution in [1.29, 1.82) is 0 Å². The number of anilines is 1. The summed E-state index contributed by atoms with van der Waals surface area (Å²) in [7, 11) is 0. The largest absolute Gasteiger partial charge is 0.369 e. The van der Waals surface area contributed by atoms with Crippen molar-refractivity contribution >= 4 is 33.0 Å². The quantitative estimate of drug-likeness (QED) is 0.924. The molecule has 2 heterocycles. The standard InChI is InChI=1S/C14H17BrN4/c15-11-5-12-13(17-6-11)19(14(16)18-12)7-10-4-8-1-2-9(10)3-8/h5-6,8-10H,1-4,7H2,(H2,16,18). The first-order chi connectivity index (χ1) is 9.20. The van der Waals surface area contributed by atoms with Crippen LogP contribution in [0.15, 0.2) is 16.7 Å². The zero-order valence-electron chi connectivity index (χ0n) is 10.7. The van der Waals surface area contributed by atoms with Gasteiger partial charge in [-0.2, -0.15) is 0 Å². The summed E-state index contributed by atoms with van der Waals surface area (Å²) in [6.07, 6.45) is 7.45. The molecule has 4 nitrogen and oxygen atoms in total. The van der Waals surface area contributed by atoms with Crippen molar-refractivity contribution in [3.05, 3.63) is 16.7 Å². The van der Waals surface area contributed by atoms with E-state index in [1.165, 1.54) is 25.7 Å². The molecular formula is C14H17BrN4. The molecule has 4 rings (SSSR count). The number of imidazole rings is 1. The molecule has 0 radical (unpaired) electrons. The number of hydrogen-bond acceptors (Lipinski definition) is 3. The van der Waals surface area contributed by atoms with Crippen LogP contribution in [0.3, 0.4) is 0 Å². The molecule has 2 aliphatic rings. The molecule has 2 bridgehead atoms. The lowest BCUT2D eigenvalue weighted by molar-refractivity contribution is 0.299. The Labute approximate surface area is 120 Å². The van der Waals surface area contributed by atoms with E-state index in [0.29, 0.717) is 5.95 Å². The molecule has 2 fully saturated rings. The Bertz CT molecular complexity index is 636. The van der Waals surface area contributed by atoms with Gasteiger partial charge in [-0.15, -0.1) is 0 Å². The van der Waals surface area contributed by atoms with Crippen LogP contribution in [0.5, 0.6) is 0 Å². The molecule has 2 aromatic rings. The lowest BCUT2D eigenvalue weighted by atomic mass is 9.89. The maximum absolute atomic E-state index is 6.08. The number of pyridine rings is 1. The number of aromatic nitrogens is 3. The molecule has 100 valence electrons. The van der Waals surface area contributed by atoms with Gasteiger partial charge in [0.25, 0.3) is 0 Å². The van der Waals surface area contributed by atoms with E-state index in [2.05, 4.69) is 30.5 Å². The SMILES string of the molecule is Nc1nc2cc(Br)cnc2n1CC1CC2CCC1C2. The molecule has 2 aromatic heterocycles. The molecule has 2 N–H and O–H groups in total. The Kier molecular flexibility index (Phi) is 2.59. The van der Waals surface area contributed by atoms with Crippen LogP contribution < -0.4 is 5.73 Å². The van der Waals surface area contributed by atoms with Crippen LogP contribution >= 0.6 is 15.9 Å². The van der Waals surface area contributed by atoms with E-state index in [1.807, 2.05) is 12.3 Å². The predicted octanol–water partition coefficient (Wildman–Crippen LogP) is 3.21. The Balaban J connectivity index is 1.69. The summed E-state index contributed by atoms with van der Waals surface area (Å²) in [6, 6.07) is 1.98. The number of nitrogens with two attached hydrogens (primary N) is 1. The molecule has 3 unspecified atom stereocenters. The highest BCUT2D eigenvalue weighted by Gasteiger charge is 2.39. The molecule has 3 atom stereocenters. The van der Waals surface area contributed by atoms with E-state index in [4.69, 9.17) is 5.73 Å². The van der Waals surface area contributed by atoms with Gasteiger partial charge in [0.05, 0.1) is 0 Å². The van der Waals surface area contributed by atoms with Gasteiger partial charge in [0, 0.05) is 17.2 Å². The van der Waals surface area contributed by atoms with Gasteiger partial charge in [0.15, 0.2) is 5.65 Å². The molecule has 0 aliphatic heterocycles. The zero-order chi connectivity index (χ0) is 13.0. The normalized spacial score (nSPS) is 29.4. The van der Waals surface area contributed by atoms with Crippen LogP contribution in [0, 0.1) is 17.8 Å². The lowest BCUT2D eigenvalue weighted by Gasteiger charge is -2.22. The van der Waals surface area contributed by atoms with Gasteiger partial charge in [-0.3, -0.25) is 4.57 Å². The number of nitrogen functional groups attached to an aromatic ring is 1. The van der Waals surface area contributed by atoms with Crippen molar-refractivity contribution in [1.82, 2.24) is 14.5 Å². The molecule has 0 aromatic carbocycles. The Morgan fingerprint density at radius 3 is 3.00 bits per heavy atom. The van der Waals surface area contributed by atoms with Gasteiger partial charge >= 0.3 is 0 Å². The number of halogens is 1. The summed E-state index contributed by atoms with van der Waals surface area (Å²) < 4.78 is 3.05. The summed E-state index contributed by atoms with van der Waals surface area (Å²) in [5.74, 6) is 3.23. The van der Waals surface area contributed by atoms with Crippen molar-refractivity contribution in [2.75, 3.05) is 5.73 Å². The molecule has 0 saturated heterocycles. The summed E-state index contributed by atoms with van der Waals surface area (Å²) in [6.45, 7) is 0.984. The van der Waals surface area contributed by atoms with Gasteiger partial charge in [0.1, 0.15) is 5.52 Å². The molecule has 5 heteroatoms. The minimum atomic E-state index is 0.600. The van der Waals surface area contributed by atoms with Crippen LogP contribution in [-0.2, 0) is 6.54 Å². The summed E-state index contributed by atoms with van der Waals surface area (Å²) in [5, 5.41) is 0. The first kappa shape index (κ1) is 11.7. The van der Waals surface area contributed by atoms with Crippen LogP contribution in [0.25, 0.3) is 11.2 Å². The van der Waals surface area contributed by atoms with E-state index >= 15 is 0 Å². The van der Waals surface area contributed by atoms with Gasteiger partial charge in [-0.05, 0) is 59.0 Å². The maximum atomic E-state index is 6.08. The smallest absolute Gasteiger partial charge is 0.202 e. The monoisotopic (exact) mass is 320 g/mol. The number of nitrogens with zero attached hydrogens (tertiary/aromatic N) is 3. The lowest BCUT2D eigenvalue weighted by Crippen LogP contribution is -2.18. The van der Waals surface area contributed by atoms with Gasteiger partial charge in [0.2, 0.25) is 5.95 Å². The Morgan fingerprint density at radius 2 is 2.26 bits per heavy atom. The zero-order valence-corrected chi connectivity index (χ0v) is 12.3. The first-order valence-corrected chi connectivity index (χ1v) is 7.77. The van der Waals surface area contributed by atoms with Crippen molar-refractivity contribution in [2.45, 2.75) is 32.2 Å². The first-order valence-electron chi connectivity index (χ1n) is 6.98. The third kappa shape index (κ3) is 1.86. The van der Waals surface area contributed by atoms with Crippen LogP contribution in [0.4, 0.5) is 5.95 Å². The third-order valence-electron chi connectivity index (χ3n) is 4.88. The third-order valence-corrected chi connectivity index (χ3v) is 5.32. The fourth-order valence-electron chi connectivity index (χ4n) is 4.02. The average Bonchev–Trinajstić information content (AvgIpc) is 3.05. The van der Waals surface area contributed by atoms with Gasteiger partial charge < -0.3 is 5.73 Å². The summed E-state index contributed by atoms with van der Waals surface area (Å²) in [5.41, 5.74) is 7.88. The second-order valence-corrected chi connectivity index (χ2v) is 6.93. The van der Waals surface area contributed by atoms with Crippen LogP contribution in [0.2, 0.25) is 0 Å². The minimum absolute atomic E-state index is 0.600. The highest BCUT2D eigenvalue weighted by Crippen LogP contribution is 2.49. The average molecular weight is 321 g/mol. The number of rotatable bonds is 2. The van der Waals surface area contributed by atoms with E-state index in [9.17, 15) is 0 Å². The molecular weight excluding hydrogens is 304 g/mol. The number of fused-ring (bicyclic) bond motifs is 3. The van der Waals surface area contributed by atoms with Crippen molar-refractivity contribution < 1.29 is 0 Å². The van der Waals surface area contributed by atoms with Crippen molar-refractivity contribution in [3.63, 3.8) is 0 Å². The van der Waals surface area contributed by atoms with E-state index in [0.717, 1.165) is 39.9 Å². The minimum Gasteiger partial charge on any atom is -0.369 e. The van der Waals surface area contributed by atoms with Gasteiger partial charge in [-0.1, -0.05) is 6.42 Å². The fourth-order valence-corrected chi connectivity index (χ4v) is 4.34. The Morgan fingerprint density at radius 1 is 1.37 bits per heavy atom. The van der Waals surface area contributed by atoms with E-state index in [1.54, 1.807) is 0 Å². The summed E-state index contributed by atoms with van der Waals surface area (Å²) in [4.78, 5) is 8.91. The predicted molar refractivity (Wildman–Crippen MR) is 78.6 cm³/mol. The fraction of sp³-hybridized carbons (Fsp3) is 0.571. The molecule has 0 spiro atoms. The topological polar surface area (TPSA) is 56.7 Å². The van der Waals surface area contributed by atoms with Crippen molar-refractivity contribution in [2.24, 2.45) is 17.8 Å². The molecule has 2 saturated carbocycles. The van der Waals surface area contributed by atoms with Gasteiger partial charge in [-0.25, -0.2) is 9.97 Å². The van der Waals surface area contributed by atoms with E-state index < -0.39 is 0 Å². The molecule has 2 aliphatic carbocycles. The molecule has 0 amide bonds. The second kappa shape index (κ2) is 4.20. The molecule has 19 heavy (non-hydrogen) atoms. The highest BCUT2D eigenvalue weighted by molar-refractivity contribution is 9.10.